The van der Waals surface area contributed by atoms with Crippen LogP contribution in [0.2, 0.25) is 0 Å². The molecule has 0 bridgehead atoms. The molecular formula is C20H23FN2O2. The Morgan fingerprint density at radius 1 is 1.04 bits per heavy atom. The van der Waals surface area contributed by atoms with Gasteiger partial charge in [-0.2, -0.15) is 0 Å². The third-order valence-corrected chi connectivity index (χ3v) is 4.63. The van der Waals surface area contributed by atoms with Gasteiger partial charge in [0.2, 0.25) is 0 Å². The van der Waals surface area contributed by atoms with Gasteiger partial charge in [0, 0.05) is 32.7 Å². The first-order valence-corrected chi connectivity index (χ1v) is 8.51. The molecule has 1 unspecified atom stereocenters. The van der Waals surface area contributed by atoms with Crippen LogP contribution in [0.1, 0.15) is 17.2 Å². The van der Waals surface area contributed by atoms with Crippen LogP contribution in [-0.4, -0.2) is 49.1 Å². The van der Waals surface area contributed by atoms with E-state index in [0.717, 1.165) is 38.3 Å². The zero-order valence-electron chi connectivity index (χ0n) is 14.4. The van der Waals surface area contributed by atoms with Crippen LogP contribution < -0.4 is 0 Å². The molecule has 3 rings (SSSR count). The van der Waals surface area contributed by atoms with E-state index in [-0.39, 0.29) is 11.8 Å². The number of piperazine rings is 1. The van der Waals surface area contributed by atoms with Gasteiger partial charge in [0.25, 0.3) is 0 Å². The highest BCUT2D eigenvalue weighted by molar-refractivity contribution is 5.77. The number of rotatable bonds is 5. The summed E-state index contributed by atoms with van der Waals surface area (Å²) < 4.78 is 18.2. The average molecular weight is 342 g/mol. The van der Waals surface area contributed by atoms with Gasteiger partial charge >= 0.3 is 5.97 Å². The van der Waals surface area contributed by atoms with Gasteiger partial charge in [0.1, 0.15) is 11.9 Å². The molecular weight excluding hydrogens is 319 g/mol. The molecule has 0 N–H and O–H groups in total. The van der Waals surface area contributed by atoms with Crippen molar-refractivity contribution >= 4 is 5.97 Å². The summed E-state index contributed by atoms with van der Waals surface area (Å²) in [7, 11) is 1.39. The van der Waals surface area contributed by atoms with Crippen molar-refractivity contribution in [3.05, 3.63) is 71.5 Å². The summed E-state index contributed by atoms with van der Waals surface area (Å²) in [5, 5.41) is 0. The molecule has 1 heterocycles. The number of carbonyl (C=O) groups excluding carboxylic acids is 1. The molecule has 0 amide bonds. The molecule has 1 aliphatic heterocycles. The number of benzene rings is 2. The normalized spacial score (nSPS) is 17.2. The Kier molecular flexibility index (Phi) is 5.79. The van der Waals surface area contributed by atoms with E-state index in [2.05, 4.69) is 21.9 Å². The molecule has 1 saturated heterocycles. The van der Waals surface area contributed by atoms with Crippen LogP contribution in [0.25, 0.3) is 0 Å². The van der Waals surface area contributed by atoms with Crippen molar-refractivity contribution in [2.24, 2.45) is 0 Å². The lowest BCUT2D eigenvalue weighted by molar-refractivity contribution is -0.148. The quantitative estimate of drug-likeness (QED) is 0.783. The van der Waals surface area contributed by atoms with Gasteiger partial charge in [0.15, 0.2) is 0 Å². The van der Waals surface area contributed by atoms with Crippen molar-refractivity contribution < 1.29 is 13.9 Å². The zero-order valence-corrected chi connectivity index (χ0v) is 14.4. The van der Waals surface area contributed by atoms with Gasteiger partial charge in [0.05, 0.1) is 7.11 Å². The number of hydrogen-bond donors (Lipinski definition) is 0. The Morgan fingerprint density at radius 2 is 1.68 bits per heavy atom. The molecule has 0 spiro atoms. The molecule has 2 aromatic rings. The Labute approximate surface area is 147 Å². The number of nitrogens with zero attached hydrogens (tertiary/aromatic N) is 2. The molecule has 0 aliphatic carbocycles. The predicted molar refractivity (Wildman–Crippen MR) is 94.4 cm³/mol. The predicted octanol–water partition coefficient (Wildman–Crippen LogP) is 2.86. The summed E-state index contributed by atoms with van der Waals surface area (Å²) in [6.07, 6.45) is 0. The fourth-order valence-corrected chi connectivity index (χ4v) is 3.27. The van der Waals surface area contributed by atoms with Gasteiger partial charge in [-0.15, -0.1) is 0 Å². The molecule has 1 aliphatic rings. The summed E-state index contributed by atoms with van der Waals surface area (Å²) in [4.78, 5) is 16.8. The minimum Gasteiger partial charge on any atom is -0.468 e. The van der Waals surface area contributed by atoms with Crippen molar-refractivity contribution in [3.8, 4) is 0 Å². The second-order valence-electron chi connectivity index (χ2n) is 6.27. The second-order valence-corrected chi connectivity index (χ2v) is 6.27. The molecule has 4 nitrogen and oxygen atoms in total. The van der Waals surface area contributed by atoms with E-state index in [1.807, 2.05) is 18.2 Å². The van der Waals surface area contributed by atoms with E-state index in [4.69, 9.17) is 4.74 Å². The molecule has 0 radical (unpaired) electrons. The van der Waals surface area contributed by atoms with Crippen molar-refractivity contribution in [1.82, 2.24) is 9.80 Å². The third kappa shape index (κ3) is 4.44. The highest BCUT2D eigenvalue weighted by Crippen LogP contribution is 2.24. The van der Waals surface area contributed by atoms with E-state index in [1.165, 1.54) is 24.8 Å². The van der Waals surface area contributed by atoms with Crippen LogP contribution in [0, 0.1) is 5.82 Å². The fraction of sp³-hybridized carbons (Fsp3) is 0.350. The second kappa shape index (κ2) is 8.23. The van der Waals surface area contributed by atoms with Crippen LogP contribution >= 0.6 is 0 Å². The summed E-state index contributed by atoms with van der Waals surface area (Å²) in [6, 6.07) is 16.0. The fourth-order valence-electron chi connectivity index (χ4n) is 3.27. The van der Waals surface area contributed by atoms with Crippen molar-refractivity contribution in [2.75, 3.05) is 33.3 Å². The highest BCUT2D eigenvalue weighted by Gasteiger charge is 2.31. The highest BCUT2D eigenvalue weighted by atomic mass is 19.1. The Morgan fingerprint density at radius 3 is 2.28 bits per heavy atom. The summed E-state index contributed by atoms with van der Waals surface area (Å²) in [5.41, 5.74) is 2.06. The van der Waals surface area contributed by atoms with Crippen molar-refractivity contribution in [2.45, 2.75) is 12.6 Å². The van der Waals surface area contributed by atoms with E-state index in [9.17, 15) is 9.18 Å². The molecule has 1 atom stereocenters. The molecule has 0 saturated carbocycles. The van der Waals surface area contributed by atoms with Crippen LogP contribution in [-0.2, 0) is 16.1 Å². The first kappa shape index (κ1) is 17.6. The number of halogens is 1. The number of esters is 1. The Balaban J connectivity index is 1.66. The standard InChI is InChI=1S/C20H23FN2O2/c1-25-20(24)19(17-7-9-18(21)10-8-17)23-13-11-22(12-14-23)15-16-5-3-2-4-6-16/h2-10,19H,11-15H2,1H3. The lowest BCUT2D eigenvalue weighted by Gasteiger charge is -2.38. The first-order chi connectivity index (χ1) is 12.2. The average Bonchev–Trinajstić information content (AvgIpc) is 2.65. The molecule has 0 aromatic heterocycles. The number of carbonyl (C=O) groups is 1. The minimum atomic E-state index is -0.482. The molecule has 2 aromatic carbocycles. The smallest absolute Gasteiger partial charge is 0.327 e. The SMILES string of the molecule is COC(=O)C(c1ccc(F)cc1)N1CCN(Cc2ccccc2)CC1. The van der Waals surface area contributed by atoms with Gasteiger partial charge in [-0.1, -0.05) is 42.5 Å². The summed E-state index contributed by atoms with van der Waals surface area (Å²) >= 11 is 0. The van der Waals surface area contributed by atoms with Crippen LogP contribution in [0.15, 0.2) is 54.6 Å². The van der Waals surface area contributed by atoms with Crippen molar-refractivity contribution in [1.29, 1.82) is 0 Å². The van der Waals surface area contributed by atoms with Gasteiger partial charge in [-0.25, -0.2) is 9.18 Å². The summed E-state index contributed by atoms with van der Waals surface area (Å²) in [5.74, 6) is -0.608. The molecule has 25 heavy (non-hydrogen) atoms. The maximum atomic E-state index is 13.2. The lowest BCUT2D eigenvalue weighted by Crippen LogP contribution is -2.49. The maximum absolute atomic E-state index is 13.2. The minimum absolute atomic E-state index is 0.303. The first-order valence-electron chi connectivity index (χ1n) is 8.51. The molecule has 1 fully saturated rings. The Bertz CT molecular complexity index is 683. The number of ether oxygens (including phenoxy) is 1. The van der Waals surface area contributed by atoms with Crippen LogP contribution in [0.3, 0.4) is 0 Å². The molecule has 5 heteroatoms. The Hall–Kier alpha value is -2.24. The van der Waals surface area contributed by atoms with E-state index in [0.29, 0.717) is 0 Å². The third-order valence-electron chi connectivity index (χ3n) is 4.63. The zero-order chi connectivity index (χ0) is 17.6. The van der Waals surface area contributed by atoms with Crippen LogP contribution in [0.4, 0.5) is 4.39 Å². The monoisotopic (exact) mass is 342 g/mol. The van der Waals surface area contributed by atoms with Crippen LogP contribution in [0.5, 0.6) is 0 Å². The topological polar surface area (TPSA) is 32.8 Å². The lowest BCUT2D eigenvalue weighted by atomic mass is 10.0. The largest absolute Gasteiger partial charge is 0.468 e. The molecule has 132 valence electrons. The number of hydrogen-bond acceptors (Lipinski definition) is 4. The van der Waals surface area contributed by atoms with Crippen molar-refractivity contribution in [3.63, 3.8) is 0 Å². The van der Waals surface area contributed by atoms with Gasteiger partial charge < -0.3 is 4.74 Å². The number of methoxy groups -OCH3 is 1. The van der Waals surface area contributed by atoms with Gasteiger partial charge in [-0.05, 0) is 23.3 Å². The van der Waals surface area contributed by atoms with E-state index < -0.39 is 6.04 Å². The summed E-state index contributed by atoms with van der Waals surface area (Å²) in [6.45, 7) is 4.20. The van der Waals surface area contributed by atoms with Gasteiger partial charge in [-0.3, -0.25) is 9.80 Å². The maximum Gasteiger partial charge on any atom is 0.327 e. The van der Waals surface area contributed by atoms with E-state index >= 15 is 0 Å². The van der Waals surface area contributed by atoms with E-state index in [1.54, 1.807) is 12.1 Å².